The van der Waals surface area contributed by atoms with Crippen molar-refractivity contribution in [3.63, 3.8) is 0 Å². The molecule has 5 heteroatoms. The highest BCUT2D eigenvalue weighted by Gasteiger charge is 2.40. The largest absolute Gasteiger partial charge is 0.334 e. The van der Waals surface area contributed by atoms with Crippen LogP contribution in [0.3, 0.4) is 0 Å². The van der Waals surface area contributed by atoms with Gasteiger partial charge in [-0.3, -0.25) is 4.79 Å². The second kappa shape index (κ2) is 6.10. The average Bonchev–Trinajstić information content (AvgIpc) is 2.62. The smallest absolute Gasteiger partial charge is 0.224 e. The molecule has 1 fully saturated rings. The van der Waals surface area contributed by atoms with Gasteiger partial charge < -0.3 is 10.6 Å². The molecule has 0 bridgehead atoms. The maximum atomic E-state index is 14.1. The fourth-order valence-electron chi connectivity index (χ4n) is 2.64. The highest BCUT2D eigenvalue weighted by atomic mass is 35.5. The number of carbonyl (C=O) groups is 1. The maximum Gasteiger partial charge on any atom is 0.224 e. The summed E-state index contributed by atoms with van der Waals surface area (Å²) < 4.78 is 14.1. The van der Waals surface area contributed by atoms with Crippen molar-refractivity contribution < 1.29 is 9.18 Å². The zero-order valence-electron chi connectivity index (χ0n) is 11.8. The quantitative estimate of drug-likeness (QED) is 0.928. The molecule has 1 saturated heterocycles. The second-order valence-electron chi connectivity index (χ2n) is 5.72. The standard InChI is InChI=1S/C15H20ClFN2O/c1-9(2)6-7-19-13(20)8-12(18)15(19)14-10(16)4-3-5-11(14)17/h3-5,9,12,15H,6-8,18H2,1-2H3. The van der Waals surface area contributed by atoms with E-state index in [0.717, 1.165) is 6.42 Å². The van der Waals surface area contributed by atoms with Gasteiger partial charge in [0.15, 0.2) is 0 Å². The Morgan fingerprint density at radius 2 is 2.20 bits per heavy atom. The molecule has 2 rings (SSSR count). The lowest BCUT2D eigenvalue weighted by Gasteiger charge is -2.28. The number of carbonyl (C=O) groups excluding carboxylic acids is 1. The number of nitrogens with two attached hydrogens (primary N) is 1. The van der Waals surface area contributed by atoms with Gasteiger partial charge in [-0.05, 0) is 24.5 Å². The zero-order chi connectivity index (χ0) is 14.9. The molecule has 1 amide bonds. The molecule has 1 aliphatic heterocycles. The zero-order valence-corrected chi connectivity index (χ0v) is 12.5. The molecule has 2 unspecified atom stereocenters. The van der Waals surface area contributed by atoms with Gasteiger partial charge in [0.25, 0.3) is 0 Å². The molecule has 0 radical (unpaired) electrons. The normalized spacial score (nSPS) is 22.9. The monoisotopic (exact) mass is 298 g/mol. The van der Waals surface area contributed by atoms with E-state index in [-0.39, 0.29) is 12.3 Å². The van der Waals surface area contributed by atoms with Crippen LogP contribution in [0.2, 0.25) is 5.02 Å². The van der Waals surface area contributed by atoms with E-state index in [1.165, 1.54) is 6.07 Å². The van der Waals surface area contributed by atoms with Crippen LogP contribution in [0.4, 0.5) is 4.39 Å². The van der Waals surface area contributed by atoms with E-state index in [9.17, 15) is 9.18 Å². The van der Waals surface area contributed by atoms with Gasteiger partial charge in [-0.25, -0.2) is 4.39 Å². The second-order valence-corrected chi connectivity index (χ2v) is 6.13. The van der Waals surface area contributed by atoms with Crippen LogP contribution in [0.15, 0.2) is 18.2 Å². The number of rotatable bonds is 4. The molecule has 1 aliphatic rings. The SMILES string of the molecule is CC(C)CCN1C(=O)CC(N)C1c1c(F)cccc1Cl. The average molecular weight is 299 g/mol. The first kappa shape index (κ1) is 15.3. The van der Waals surface area contributed by atoms with Gasteiger partial charge >= 0.3 is 0 Å². The van der Waals surface area contributed by atoms with Crippen LogP contribution in [0, 0.1) is 11.7 Å². The van der Waals surface area contributed by atoms with Crippen LogP contribution in [0.5, 0.6) is 0 Å². The summed E-state index contributed by atoms with van der Waals surface area (Å²) in [5.41, 5.74) is 6.39. The molecule has 2 N–H and O–H groups in total. The number of hydrogen-bond donors (Lipinski definition) is 1. The van der Waals surface area contributed by atoms with Crippen molar-refractivity contribution in [2.45, 2.75) is 38.8 Å². The van der Waals surface area contributed by atoms with Gasteiger partial charge in [-0.15, -0.1) is 0 Å². The molecular formula is C15H20ClFN2O. The molecule has 0 aliphatic carbocycles. The van der Waals surface area contributed by atoms with Crippen LogP contribution >= 0.6 is 11.6 Å². The topological polar surface area (TPSA) is 46.3 Å². The summed E-state index contributed by atoms with van der Waals surface area (Å²) in [7, 11) is 0. The lowest BCUT2D eigenvalue weighted by atomic mass is 9.99. The molecule has 0 saturated carbocycles. The summed E-state index contributed by atoms with van der Waals surface area (Å²) in [6.45, 7) is 4.76. The Labute approximate surface area is 123 Å². The third-order valence-electron chi connectivity index (χ3n) is 3.71. The number of likely N-dealkylation sites (tertiary alicyclic amines) is 1. The summed E-state index contributed by atoms with van der Waals surface area (Å²) in [6.07, 6.45) is 1.11. The highest BCUT2D eigenvalue weighted by Crippen LogP contribution is 2.37. The summed E-state index contributed by atoms with van der Waals surface area (Å²) in [4.78, 5) is 13.8. The van der Waals surface area contributed by atoms with Gasteiger partial charge in [0.2, 0.25) is 5.91 Å². The number of nitrogens with zero attached hydrogens (tertiary/aromatic N) is 1. The first-order valence-electron chi connectivity index (χ1n) is 6.90. The van der Waals surface area contributed by atoms with E-state index < -0.39 is 17.9 Å². The molecule has 1 aromatic rings. The number of hydrogen-bond acceptors (Lipinski definition) is 2. The van der Waals surface area contributed by atoms with Crippen molar-refractivity contribution in [2.24, 2.45) is 11.7 Å². The Hall–Kier alpha value is -1.13. The first-order valence-corrected chi connectivity index (χ1v) is 7.28. The number of halogens is 2. The minimum absolute atomic E-state index is 0.0255. The van der Waals surface area contributed by atoms with Gasteiger partial charge in [0.1, 0.15) is 5.82 Å². The minimum atomic E-state index is -0.463. The molecule has 2 atom stereocenters. The molecule has 0 aromatic heterocycles. The lowest BCUT2D eigenvalue weighted by molar-refractivity contribution is -0.129. The Morgan fingerprint density at radius 3 is 2.80 bits per heavy atom. The van der Waals surface area contributed by atoms with E-state index in [1.54, 1.807) is 17.0 Å². The van der Waals surface area contributed by atoms with E-state index in [2.05, 4.69) is 13.8 Å². The van der Waals surface area contributed by atoms with Gasteiger partial charge in [-0.2, -0.15) is 0 Å². The molecular weight excluding hydrogens is 279 g/mol. The Morgan fingerprint density at radius 1 is 1.50 bits per heavy atom. The number of benzene rings is 1. The van der Waals surface area contributed by atoms with Crippen molar-refractivity contribution >= 4 is 17.5 Å². The summed E-state index contributed by atoms with van der Waals surface area (Å²) in [5, 5.41) is 0.328. The van der Waals surface area contributed by atoms with Crippen LogP contribution in [-0.2, 0) is 4.79 Å². The maximum absolute atomic E-state index is 14.1. The molecule has 0 spiro atoms. The molecule has 3 nitrogen and oxygen atoms in total. The third-order valence-corrected chi connectivity index (χ3v) is 4.04. The van der Waals surface area contributed by atoms with E-state index in [0.29, 0.717) is 23.0 Å². The van der Waals surface area contributed by atoms with Crippen LogP contribution in [0.25, 0.3) is 0 Å². The highest BCUT2D eigenvalue weighted by molar-refractivity contribution is 6.31. The molecule has 1 aromatic carbocycles. The Balaban J connectivity index is 2.33. The van der Waals surface area contributed by atoms with Gasteiger partial charge in [0, 0.05) is 29.6 Å². The first-order chi connectivity index (χ1) is 9.41. The third kappa shape index (κ3) is 2.96. The van der Waals surface area contributed by atoms with Crippen molar-refractivity contribution in [1.29, 1.82) is 0 Å². The van der Waals surface area contributed by atoms with Crippen LogP contribution in [-0.4, -0.2) is 23.4 Å². The Kier molecular flexibility index (Phi) is 4.66. The minimum Gasteiger partial charge on any atom is -0.334 e. The van der Waals surface area contributed by atoms with Gasteiger partial charge in [0.05, 0.1) is 6.04 Å². The molecule has 20 heavy (non-hydrogen) atoms. The lowest BCUT2D eigenvalue weighted by Crippen LogP contribution is -2.35. The van der Waals surface area contributed by atoms with Crippen molar-refractivity contribution in [3.05, 3.63) is 34.6 Å². The summed E-state index contributed by atoms with van der Waals surface area (Å²) >= 11 is 6.12. The fraction of sp³-hybridized carbons (Fsp3) is 0.533. The van der Waals surface area contributed by atoms with Crippen molar-refractivity contribution in [1.82, 2.24) is 4.90 Å². The van der Waals surface area contributed by atoms with E-state index >= 15 is 0 Å². The fourth-order valence-corrected chi connectivity index (χ4v) is 2.92. The predicted molar refractivity (Wildman–Crippen MR) is 77.9 cm³/mol. The van der Waals surface area contributed by atoms with Crippen molar-refractivity contribution in [2.75, 3.05) is 6.54 Å². The van der Waals surface area contributed by atoms with E-state index in [4.69, 9.17) is 17.3 Å². The van der Waals surface area contributed by atoms with E-state index in [1.807, 2.05) is 0 Å². The van der Waals surface area contributed by atoms with Crippen molar-refractivity contribution in [3.8, 4) is 0 Å². The summed E-state index contributed by atoms with van der Waals surface area (Å²) in [6, 6.07) is 3.68. The van der Waals surface area contributed by atoms with Gasteiger partial charge in [-0.1, -0.05) is 31.5 Å². The molecule has 110 valence electrons. The predicted octanol–water partition coefficient (Wildman–Crippen LogP) is 3.13. The number of amides is 1. The summed E-state index contributed by atoms with van der Waals surface area (Å²) in [5.74, 6) is 0.0426. The Bertz CT molecular complexity index is 486. The van der Waals surface area contributed by atoms with Crippen LogP contribution < -0.4 is 5.73 Å². The molecule has 1 heterocycles. The van der Waals surface area contributed by atoms with Crippen LogP contribution in [0.1, 0.15) is 38.3 Å².